The first-order valence-corrected chi connectivity index (χ1v) is 8.32. The number of hydrogen-bond donors (Lipinski definition) is 1. The van der Waals surface area contributed by atoms with Crippen LogP contribution >= 0.6 is 24.0 Å². The second-order valence-corrected chi connectivity index (χ2v) is 6.11. The van der Waals surface area contributed by atoms with E-state index in [4.69, 9.17) is 0 Å². The normalized spacial score (nSPS) is 24.2. The molecule has 1 saturated carbocycles. The summed E-state index contributed by atoms with van der Waals surface area (Å²) in [4.78, 5) is 17.7. The van der Waals surface area contributed by atoms with Gasteiger partial charge in [-0.15, -0.1) is 24.0 Å². The van der Waals surface area contributed by atoms with Crippen molar-refractivity contribution >= 4 is 35.9 Å². The lowest BCUT2D eigenvalue weighted by Gasteiger charge is -2.36. The molecular formula is C16H27IN6. The quantitative estimate of drug-likeness (QED) is 0.450. The molecule has 2 aliphatic rings. The predicted molar refractivity (Wildman–Crippen MR) is 105 cm³/mol. The monoisotopic (exact) mass is 430 g/mol. The van der Waals surface area contributed by atoms with Gasteiger partial charge in [0.25, 0.3) is 0 Å². The van der Waals surface area contributed by atoms with Crippen LogP contribution in [0.15, 0.2) is 23.5 Å². The Morgan fingerprint density at radius 3 is 2.57 bits per heavy atom. The molecule has 1 saturated heterocycles. The first-order valence-electron chi connectivity index (χ1n) is 8.32. The van der Waals surface area contributed by atoms with Crippen molar-refractivity contribution < 1.29 is 0 Å². The van der Waals surface area contributed by atoms with E-state index < -0.39 is 0 Å². The van der Waals surface area contributed by atoms with E-state index in [1.54, 1.807) is 12.4 Å². The highest BCUT2D eigenvalue weighted by Gasteiger charge is 2.37. The molecule has 1 N–H and O–H groups in total. The van der Waals surface area contributed by atoms with Crippen LogP contribution < -0.4 is 10.2 Å². The number of hydrogen-bond acceptors (Lipinski definition) is 4. The summed E-state index contributed by atoms with van der Waals surface area (Å²) in [5.41, 5.74) is 0. The van der Waals surface area contributed by atoms with Crippen LogP contribution in [0.1, 0.15) is 26.2 Å². The number of guanidine groups is 1. The summed E-state index contributed by atoms with van der Waals surface area (Å²) in [5.74, 6) is 2.73. The summed E-state index contributed by atoms with van der Waals surface area (Å²) in [6.07, 6.45) is 7.50. The summed E-state index contributed by atoms with van der Waals surface area (Å²) in [7, 11) is 1.88. The number of rotatable bonds is 4. The first-order chi connectivity index (χ1) is 10.8. The van der Waals surface area contributed by atoms with Gasteiger partial charge in [0.05, 0.1) is 0 Å². The van der Waals surface area contributed by atoms with Crippen LogP contribution in [0.25, 0.3) is 0 Å². The highest BCUT2D eigenvalue weighted by atomic mass is 127. The Bertz CT molecular complexity index is 501. The van der Waals surface area contributed by atoms with Crippen molar-refractivity contribution in [2.24, 2.45) is 10.9 Å². The number of aromatic nitrogens is 2. The topological polar surface area (TPSA) is 56.7 Å². The molecule has 2 atom stereocenters. The van der Waals surface area contributed by atoms with Crippen LogP contribution in [0.5, 0.6) is 0 Å². The predicted octanol–water partition coefficient (Wildman–Crippen LogP) is 1.98. The van der Waals surface area contributed by atoms with Gasteiger partial charge in [-0.2, -0.15) is 0 Å². The molecule has 7 heteroatoms. The molecule has 1 aromatic heterocycles. The molecule has 1 aliphatic carbocycles. The van der Waals surface area contributed by atoms with Gasteiger partial charge in [-0.1, -0.05) is 13.3 Å². The molecule has 128 valence electrons. The lowest BCUT2D eigenvalue weighted by molar-refractivity contribution is 0.369. The second kappa shape index (κ2) is 8.65. The van der Waals surface area contributed by atoms with Crippen LogP contribution in [-0.2, 0) is 0 Å². The van der Waals surface area contributed by atoms with Gasteiger partial charge in [0, 0.05) is 51.7 Å². The number of nitrogens with zero attached hydrogens (tertiary/aromatic N) is 5. The van der Waals surface area contributed by atoms with Crippen LogP contribution in [0.3, 0.4) is 0 Å². The smallest absolute Gasteiger partial charge is 0.225 e. The summed E-state index contributed by atoms with van der Waals surface area (Å²) >= 11 is 0. The van der Waals surface area contributed by atoms with Gasteiger partial charge < -0.3 is 15.1 Å². The summed E-state index contributed by atoms with van der Waals surface area (Å²) in [6.45, 7) is 6.06. The molecule has 3 rings (SSSR count). The fourth-order valence-corrected chi connectivity index (χ4v) is 3.15. The van der Waals surface area contributed by atoms with Crippen molar-refractivity contribution in [3.05, 3.63) is 18.5 Å². The van der Waals surface area contributed by atoms with Crippen LogP contribution in [0, 0.1) is 5.92 Å². The van der Waals surface area contributed by atoms with Gasteiger partial charge in [-0.25, -0.2) is 9.97 Å². The summed E-state index contributed by atoms with van der Waals surface area (Å²) in [6, 6.07) is 2.49. The minimum atomic E-state index is 0. The van der Waals surface area contributed by atoms with E-state index in [2.05, 4.69) is 37.0 Å². The first kappa shape index (κ1) is 18.2. The molecule has 2 heterocycles. The highest BCUT2D eigenvalue weighted by Crippen LogP contribution is 2.34. The molecule has 0 spiro atoms. The molecule has 23 heavy (non-hydrogen) atoms. The van der Waals surface area contributed by atoms with Gasteiger partial charge in [0.15, 0.2) is 5.96 Å². The molecule has 0 aromatic carbocycles. The lowest BCUT2D eigenvalue weighted by Crippen LogP contribution is -2.53. The van der Waals surface area contributed by atoms with Gasteiger partial charge in [0.2, 0.25) is 5.95 Å². The number of anilines is 1. The zero-order valence-corrected chi connectivity index (χ0v) is 16.3. The number of halogens is 1. The van der Waals surface area contributed by atoms with E-state index in [9.17, 15) is 0 Å². The molecule has 0 bridgehead atoms. The van der Waals surface area contributed by atoms with Gasteiger partial charge in [-0.3, -0.25) is 4.99 Å². The summed E-state index contributed by atoms with van der Waals surface area (Å²) < 4.78 is 0. The van der Waals surface area contributed by atoms with E-state index in [0.29, 0.717) is 6.04 Å². The Hall–Kier alpha value is -1.12. The Morgan fingerprint density at radius 2 is 1.96 bits per heavy atom. The van der Waals surface area contributed by atoms with E-state index in [0.717, 1.165) is 44.0 Å². The number of piperazine rings is 1. The molecule has 1 aliphatic heterocycles. The van der Waals surface area contributed by atoms with Crippen molar-refractivity contribution in [1.29, 1.82) is 0 Å². The third-order valence-electron chi connectivity index (χ3n) is 4.52. The molecule has 0 radical (unpaired) electrons. The van der Waals surface area contributed by atoms with Crippen molar-refractivity contribution in [2.45, 2.75) is 32.2 Å². The number of aliphatic imine (C=N–C) groups is 1. The zero-order chi connectivity index (χ0) is 15.4. The van der Waals surface area contributed by atoms with E-state index in [-0.39, 0.29) is 24.0 Å². The van der Waals surface area contributed by atoms with Crippen molar-refractivity contribution in [2.75, 3.05) is 38.1 Å². The molecule has 0 amide bonds. The van der Waals surface area contributed by atoms with Crippen molar-refractivity contribution in [1.82, 2.24) is 20.2 Å². The Balaban J connectivity index is 0.00000192. The lowest BCUT2D eigenvalue weighted by atomic mass is 10.2. The third-order valence-corrected chi connectivity index (χ3v) is 4.52. The van der Waals surface area contributed by atoms with Crippen LogP contribution in [-0.4, -0.2) is 60.1 Å². The molecule has 6 nitrogen and oxygen atoms in total. The van der Waals surface area contributed by atoms with E-state index in [1.807, 2.05) is 13.1 Å². The SMILES string of the molecule is CCCC1CC1NC(=NC)N1CCN(c2ncccn2)CC1.I. The molecular weight excluding hydrogens is 403 g/mol. The standard InChI is InChI=1S/C16H26N6.HI/c1-3-5-13-12-14(13)20-15(17-2)21-8-10-22(11-9-21)16-18-6-4-7-19-16;/h4,6-7,13-14H,3,5,8-12H2,1-2H3,(H,17,20);1H. The fraction of sp³-hybridized carbons (Fsp3) is 0.688. The van der Waals surface area contributed by atoms with Crippen molar-refractivity contribution in [3.63, 3.8) is 0 Å². The fourth-order valence-electron chi connectivity index (χ4n) is 3.15. The molecule has 2 unspecified atom stereocenters. The maximum atomic E-state index is 4.47. The average Bonchev–Trinajstić information content (AvgIpc) is 3.32. The van der Waals surface area contributed by atoms with Crippen molar-refractivity contribution in [3.8, 4) is 0 Å². The van der Waals surface area contributed by atoms with Gasteiger partial charge in [-0.05, 0) is 24.8 Å². The highest BCUT2D eigenvalue weighted by molar-refractivity contribution is 14.0. The average molecular weight is 430 g/mol. The van der Waals surface area contributed by atoms with Gasteiger partial charge in [0.1, 0.15) is 0 Å². The van der Waals surface area contributed by atoms with E-state index >= 15 is 0 Å². The minimum Gasteiger partial charge on any atom is -0.353 e. The molecule has 2 fully saturated rings. The Labute approximate surface area is 155 Å². The maximum Gasteiger partial charge on any atom is 0.225 e. The van der Waals surface area contributed by atoms with Crippen LogP contribution in [0.4, 0.5) is 5.95 Å². The Morgan fingerprint density at radius 1 is 1.26 bits per heavy atom. The summed E-state index contributed by atoms with van der Waals surface area (Å²) in [5, 5.41) is 3.63. The second-order valence-electron chi connectivity index (χ2n) is 6.11. The van der Waals surface area contributed by atoms with Gasteiger partial charge >= 0.3 is 0 Å². The third kappa shape index (κ3) is 4.68. The van der Waals surface area contributed by atoms with E-state index in [1.165, 1.54) is 19.3 Å². The van der Waals surface area contributed by atoms with Crippen LogP contribution in [0.2, 0.25) is 0 Å². The minimum absolute atomic E-state index is 0. The Kier molecular flexibility index (Phi) is 6.86. The molecule has 1 aromatic rings. The zero-order valence-electron chi connectivity index (χ0n) is 14.0. The maximum absolute atomic E-state index is 4.47. The largest absolute Gasteiger partial charge is 0.353 e. The number of nitrogens with one attached hydrogen (secondary N) is 1.